The summed E-state index contributed by atoms with van der Waals surface area (Å²) < 4.78 is 73.8. The SMILES string of the molecule is O=C(O)CC1OC2(OC1=O)C1CC3CC2CC(OC(=O)C(F)(F)S(=O)(=O)O)(C3)C1. The van der Waals surface area contributed by atoms with Crippen molar-refractivity contribution in [2.45, 2.75) is 61.3 Å². The third-order valence-corrected chi connectivity index (χ3v) is 7.17. The average Bonchev–Trinajstić information content (AvgIpc) is 2.87. The molecule has 3 unspecified atom stereocenters. The number of carboxylic acids is 1. The van der Waals surface area contributed by atoms with Crippen molar-refractivity contribution in [3.05, 3.63) is 0 Å². The van der Waals surface area contributed by atoms with Crippen molar-refractivity contribution in [3.8, 4) is 0 Å². The number of carbonyl (C=O) groups is 3. The molecule has 1 saturated heterocycles. The molecule has 5 rings (SSSR count). The smallest absolute Gasteiger partial charge is 0.465 e. The maximum Gasteiger partial charge on any atom is 0.465 e. The minimum Gasteiger partial charge on any atom is -0.481 e. The second-order valence-corrected chi connectivity index (χ2v) is 9.72. The molecule has 29 heavy (non-hydrogen) atoms. The van der Waals surface area contributed by atoms with Crippen molar-refractivity contribution in [2.75, 3.05) is 0 Å². The van der Waals surface area contributed by atoms with Crippen molar-refractivity contribution in [2.24, 2.45) is 17.8 Å². The van der Waals surface area contributed by atoms with Crippen LogP contribution in [0.4, 0.5) is 8.78 Å². The fraction of sp³-hybridized carbons (Fsp3) is 0.812. The van der Waals surface area contributed by atoms with Gasteiger partial charge in [0.2, 0.25) is 5.79 Å². The van der Waals surface area contributed by atoms with Crippen LogP contribution in [0.3, 0.4) is 0 Å². The zero-order valence-electron chi connectivity index (χ0n) is 14.9. The van der Waals surface area contributed by atoms with Crippen molar-refractivity contribution >= 4 is 28.0 Å². The zero-order chi connectivity index (χ0) is 21.4. The van der Waals surface area contributed by atoms with Crippen LogP contribution in [0.25, 0.3) is 0 Å². The molecule has 1 heterocycles. The molecule has 5 aliphatic rings. The van der Waals surface area contributed by atoms with E-state index in [2.05, 4.69) is 0 Å². The van der Waals surface area contributed by atoms with Gasteiger partial charge in [-0.2, -0.15) is 17.2 Å². The Bertz CT molecular complexity index is 868. The van der Waals surface area contributed by atoms with Gasteiger partial charge in [-0.25, -0.2) is 9.59 Å². The maximum absolute atomic E-state index is 13.7. The number of hydrogen-bond acceptors (Lipinski definition) is 8. The number of aliphatic carboxylic acids is 1. The summed E-state index contributed by atoms with van der Waals surface area (Å²) in [6, 6.07) is 0. The first kappa shape index (κ1) is 20.4. The van der Waals surface area contributed by atoms with Crippen LogP contribution < -0.4 is 0 Å². The Morgan fingerprint density at radius 1 is 1.21 bits per heavy atom. The molecule has 162 valence electrons. The molecule has 13 heteroatoms. The van der Waals surface area contributed by atoms with Gasteiger partial charge in [0.15, 0.2) is 6.10 Å². The fourth-order valence-electron chi connectivity index (χ4n) is 5.50. The van der Waals surface area contributed by atoms with Gasteiger partial charge in [0.25, 0.3) is 0 Å². The van der Waals surface area contributed by atoms with Gasteiger partial charge in [-0.05, 0) is 38.0 Å². The first-order valence-electron chi connectivity index (χ1n) is 8.99. The summed E-state index contributed by atoms with van der Waals surface area (Å²) in [7, 11) is -5.99. The molecule has 4 saturated carbocycles. The van der Waals surface area contributed by atoms with Gasteiger partial charge in [0, 0.05) is 11.8 Å². The van der Waals surface area contributed by atoms with Crippen LogP contribution in [-0.4, -0.2) is 58.7 Å². The van der Waals surface area contributed by atoms with Gasteiger partial charge in [0.1, 0.15) is 5.60 Å². The Hall–Kier alpha value is -1.86. The van der Waals surface area contributed by atoms with Crippen LogP contribution in [0.15, 0.2) is 0 Å². The quantitative estimate of drug-likeness (QED) is 0.461. The molecule has 3 atom stereocenters. The van der Waals surface area contributed by atoms with E-state index in [1.165, 1.54) is 0 Å². The number of carbonyl (C=O) groups excluding carboxylic acids is 2. The number of halogens is 2. The number of alkyl halides is 2. The Balaban J connectivity index is 1.57. The Kier molecular flexibility index (Phi) is 4.28. The van der Waals surface area contributed by atoms with E-state index in [0.717, 1.165) is 0 Å². The second kappa shape index (κ2) is 6.08. The fourth-order valence-corrected chi connectivity index (χ4v) is 5.75. The molecule has 0 aromatic heterocycles. The van der Waals surface area contributed by atoms with Crippen molar-refractivity contribution < 1.29 is 55.5 Å². The number of rotatable bonds is 5. The summed E-state index contributed by atoms with van der Waals surface area (Å²) in [5, 5.41) is 3.83. The van der Waals surface area contributed by atoms with E-state index in [4.69, 9.17) is 23.9 Å². The standard InChI is InChI=1S/C16H18F2O10S/c17-16(18,29(23,24)25)13(22)28-14-4-7-1-8(5-14)15(9(2-7)6-14)26-10(3-11(19)20)12(21)27-15/h7-10H,1-6H2,(H,19,20)(H,23,24,25). The van der Waals surface area contributed by atoms with Gasteiger partial charge in [-0.3, -0.25) is 9.35 Å². The topological polar surface area (TPSA) is 154 Å². The summed E-state index contributed by atoms with van der Waals surface area (Å²) in [6.45, 7) is 0. The highest BCUT2D eigenvalue weighted by Crippen LogP contribution is 2.64. The lowest BCUT2D eigenvalue weighted by molar-refractivity contribution is -0.317. The highest BCUT2D eigenvalue weighted by atomic mass is 32.2. The Morgan fingerprint density at radius 2 is 1.79 bits per heavy atom. The summed E-state index contributed by atoms with van der Waals surface area (Å²) in [4.78, 5) is 34.9. The normalized spacial score (nSPS) is 40.9. The molecule has 0 aromatic rings. The Morgan fingerprint density at radius 3 is 2.31 bits per heavy atom. The van der Waals surface area contributed by atoms with Gasteiger partial charge in [0.05, 0.1) is 6.42 Å². The summed E-state index contributed by atoms with van der Waals surface area (Å²) >= 11 is 0. The molecule has 1 spiro atoms. The zero-order valence-corrected chi connectivity index (χ0v) is 15.7. The average molecular weight is 440 g/mol. The number of esters is 2. The van der Waals surface area contributed by atoms with E-state index in [0.29, 0.717) is 12.8 Å². The highest BCUT2D eigenvalue weighted by molar-refractivity contribution is 7.87. The van der Waals surface area contributed by atoms with Gasteiger partial charge in [-0.1, -0.05) is 0 Å². The van der Waals surface area contributed by atoms with E-state index in [-0.39, 0.29) is 25.2 Å². The first-order valence-corrected chi connectivity index (χ1v) is 10.4. The monoisotopic (exact) mass is 440 g/mol. The van der Waals surface area contributed by atoms with Gasteiger partial charge < -0.3 is 19.3 Å². The number of ether oxygens (including phenoxy) is 3. The molecule has 5 fully saturated rings. The van der Waals surface area contributed by atoms with Crippen LogP contribution in [0.5, 0.6) is 0 Å². The largest absolute Gasteiger partial charge is 0.481 e. The number of carboxylic acid groups (broad SMARTS) is 1. The van der Waals surface area contributed by atoms with E-state index in [1.54, 1.807) is 0 Å². The van der Waals surface area contributed by atoms with Crippen LogP contribution >= 0.6 is 0 Å². The molecule has 0 radical (unpaired) electrons. The minimum absolute atomic E-state index is 0.0135. The first-order chi connectivity index (χ1) is 13.3. The van der Waals surface area contributed by atoms with Gasteiger partial charge in [-0.15, -0.1) is 0 Å². The molecular weight excluding hydrogens is 422 g/mol. The lowest BCUT2D eigenvalue weighted by atomic mass is 9.51. The van der Waals surface area contributed by atoms with Crippen molar-refractivity contribution in [1.82, 2.24) is 0 Å². The van der Waals surface area contributed by atoms with Crippen LogP contribution in [0, 0.1) is 17.8 Å². The second-order valence-electron chi connectivity index (χ2n) is 8.25. The minimum atomic E-state index is -5.99. The van der Waals surface area contributed by atoms with Crippen molar-refractivity contribution in [1.29, 1.82) is 0 Å². The van der Waals surface area contributed by atoms with E-state index < -0.39 is 69.0 Å². The molecule has 4 aliphatic carbocycles. The summed E-state index contributed by atoms with van der Waals surface area (Å²) in [5.41, 5.74) is -1.40. The third kappa shape index (κ3) is 3.01. The summed E-state index contributed by atoms with van der Waals surface area (Å²) in [6.07, 6.45) is -0.664. The van der Waals surface area contributed by atoms with Crippen LogP contribution in [0.2, 0.25) is 0 Å². The van der Waals surface area contributed by atoms with E-state index >= 15 is 0 Å². The molecule has 1 aliphatic heterocycles. The van der Waals surface area contributed by atoms with E-state index in [1.807, 2.05) is 0 Å². The molecule has 2 N–H and O–H groups in total. The summed E-state index contributed by atoms with van der Waals surface area (Å²) in [5.74, 6) is -6.92. The molecular formula is C16H18F2O10S. The predicted molar refractivity (Wildman–Crippen MR) is 84.8 cm³/mol. The van der Waals surface area contributed by atoms with E-state index in [9.17, 15) is 31.6 Å². The maximum atomic E-state index is 13.7. The Labute approximate surface area is 163 Å². The number of hydrogen-bond donors (Lipinski definition) is 2. The molecule has 4 bridgehead atoms. The van der Waals surface area contributed by atoms with Crippen molar-refractivity contribution in [3.63, 3.8) is 0 Å². The van der Waals surface area contributed by atoms with Crippen LogP contribution in [-0.2, 0) is 38.7 Å². The van der Waals surface area contributed by atoms with Crippen LogP contribution in [0.1, 0.15) is 38.5 Å². The molecule has 10 nitrogen and oxygen atoms in total. The third-order valence-electron chi connectivity index (χ3n) is 6.35. The highest BCUT2D eigenvalue weighted by Gasteiger charge is 2.70. The lowest BCUT2D eigenvalue weighted by Gasteiger charge is -2.61. The lowest BCUT2D eigenvalue weighted by Crippen LogP contribution is -2.65. The molecule has 0 amide bonds. The molecule has 0 aromatic carbocycles. The van der Waals surface area contributed by atoms with Gasteiger partial charge >= 0.3 is 33.3 Å². The predicted octanol–water partition coefficient (Wildman–Crippen LogP) is 0.702.